The van der Waals surface area contributed by atoms with Gasteiger partial charge in [0.1, 0.15) is 18.2 Å². The first-order valence-electron chi connectivity index (χ1n) is 10.2. The third-order valence-corrected chi connectivity index (χ3v) is 5.75. The van der Waals surface area contributed by atoms with E-state index in [1.807, 2.05) is 30.3 Å². The van der Waals surface area contributed by atoms with Crippen molar-refractivity contribution >= 4 is 16.6 Å². The molecule has 5 rings (SSSR count). The van der Waals surface area contributed by atoms with Gasteiger partial charge in [-0.05, 0) is 43.2 Å². The first-order chi connectivity index (χ1) is 13.9. The number of aromatic nitrogens is 4. The minimum absolute atomic E-state index is 0.459. The molecule has 0 amide bonds. The maximum Gasteiger partial charge on any atom is 0.167 e. The summed E-state index contributed by atoms with van der Waals surface area (Å²) in [5, 5.41) is 10.1. The van der Waals surface area contributed by atoms with E-state index in [9.17, 15) is 0 Å². The smallest absolute Gasteiger partial charge is 0.167 e. The molecule has 1 fully saturated rings. The van der Waals surface area contributed by atoms with E-state index in [0.29, 0.717) is 12.5 Å². The van der Waals surface area contributed by atoms with Crippen LogP contribution in [-0.2, 0) is 6.61 Å². The Hall–Kier alpha value is -2.95. The molecular formula is C23H24N4O. The number of benzene rings is 1. The van der Waals surface area contributed by atoms with Gasteiger partial charge < -0.3 is 4.74 Å². The van der Waals surface area contributed by atoms with Gasteiger partial charge in [-0.3, -0.25) is 9.38 Å². The molecule has 5 heteroatoms. The monoisotopic (exact) mass is 372 g/mol. The van der Waals surface area contributed by atoms with Crippen LogP contribution in [0.2, 0.25) is 0 Å². The molecule has 0 saturated heterocycles. The molecule has 1 aliphatic rings. The van der Waals surface area contributed by atoms with Gasteiger partial charge in [-0.15, -0.1) is 10.2 Å². The molecule has 28 heavy (non-hydrogen) atoms. The van der Waals surface area contributed by atoms with Crippen molar-refractivity contribution in [3.63, 3.8) is 0 Å². The normalized spacial score (nSPS) is 15.7. The van der Waals surface area contributed by atoms with Crippen LogP contribution in [0.15, 0.2) is 54.9 Å². The fraction of sp³-hybridized carbons (Fsp3) is 0.348. The van der Waals surface area contributed by atoms with E-state index in [1.165, 1.54) is 38.5 Å². The highest BCUT2D eigenvalue weighted by Crippen LogP contribution is 2.31. The van der Waals surface area contributed by atoms with Crippen molar-refractivity contribution < 1.29 is 4.74 Å². The van der Waals surface area contributed by atoms with Crippen molar-refractivity contribution in [2.24, 2.45) is 0 Å². The standard InChI is InChI=1S/C23H24N4O/c1-2-4-9-17(8-3-1)22-25-26-23-18(10-7-15-27(22)23)16-28-21-13-5-12-20-19(21)11-6-14-24-20/h5-7,10-15,17H,1-4,8-9,16H2. The number of hydrogen-bond donors (Lipinski definition) is 0. The third kappa shape index (κ3) is 3.21. The molecule has 3 heterocycles. The predicted molar refractivity (Wildman–Crippen MR) is 110 cm³/mol. The van der Waals surface area contributed by atoms with Crippen molar-refractivity contribution in [3.8, 4) is 5.75 Å². The minimum Gasteiger partial charge on any atom is -0.488 e. The zero-order chi connectivity index (χ0) is 18.8. The highest BCUT2D eigenvalue weighted by molar-refractivity contribution is 5.84. The van der Waals surface area contributed by atoms with E-state index in [1.54, 1.807) is 6.20 Å². The fourth-order valence-electron chi connectivity index (χ4n) is 4.27. The van der Waals surface area contributed by atoms with Gasteiger partial charge in [0.25, 0.3) is 0 Å². The van der Waals surface area contributed by atoms with E-state index in [0.717, 1.165) is 33.7 Å². The Balaban J connectivity index is 1.43. The predicted octanol–water partition coefficient (Wildman–Crippen LogP) is 5.29. The average molecular weight is 372 g/mol. The third-order valence-electron chi connectivity index (χ3n) is 5.75. The van der Waals surface area contributed by atoms with Crippen LogP contribution in [0.5, 0.6) is 5.75 Å². The number of pyridine rings is 2. The molecule has 0 atom stereocenters. The molecule has 142 valence electrons. The summed E-state index contributed by atoms with van der Waals surface area (Å²) >= 11 is 0. The van der Waals surface area contributed by atoms with Crippen LogP contribution in [0, 0.1) is 0 Å². The van der Waals surface area contributed by atoms with Crippen LogP contribution in [0.25, 0.3) is 16.6 Å². The first kappa shape index (κ1) is 17.2. The Morgan fingerprint density at radius 2 is 1.82 bits per heavy atom. The summed E-state index contributed by atoms with van der Waals surface area (Å²) < 4.78 is 8.33. The fourth-order valence-corrected chi connectivity index (χ4v) is 4.27. The first-order valence-corrected chi connectivity index (χ1v) is 10.2. The summed E-state index contributed by atoms with van der Waals surface area (Å²) in [6, 6.07) is 14.1. The molecule has 5 nitrogen and oxygen atoms in total. The Bertz CT molecular complexity index is 1090. The second kappa shape index (κ2) is 7.58. The number of fused-ring (bicyclic) bond motifs is 2. The molecule has 0 radical (unpaired) electrons. The topological polar surface area (TPSA) is 52.3 Å². The lowest BCUT2D eigenvalue weighted by Gasteiger charge is -2.13. The SMILES string of the molecule is c1cc(OCc2cccn3c(C4CCCCCC4)nnc23)c2cccnc2c1. The molecular weight excluding hydrogens is 348 g/mol. The largest absolute Gasteiger partial charge is 0.488 e. The lowest BCUT2D eigenvalue weighted by molar-refractivity contribution is 0.310. The molecule has 0 spiro atoms. The zero-order valence-electron chi connectivity index (χ0n) is 15.9. The van der Waals surface area contributed by atoms with Crippen LogP contribution in [0.4, 0.5) is 0 Å². The zero-order valence-corrected chi connectivity index (χ0v) is 15.9. The van der Waals surface area contributed by atoms with Gasteiger partial charge in [0.05, 0.1) is 5.52 Å². The second-order valence-corrected chi connectivity index (χ2v) is 7.59. The number of rotatable bonds is 4. The van der Waals surface area contributed by atoms with Crippen LogP contribution >= 0.6 is 0 Å². The van der Waals surface area contributed by atoms with Crippen molar-refractivity contribution in [1.82, 2.24) is 19.6 Å². The molecule has 1 saturated carbocycles. The van der Waals surface area contributed by atoms with Crippen LogP contribution < -0.4 is 4.74 Å². The average Bonchev–Trinajstić information content (AvgIpc) is 2.99. The minimum atomic E-state index is 0.459. The van der Waals surface area contributed by atoms with Gasteiger partial charge in [-0.2, -0.15) is 0 Å². The molecule has 0 unspecified atom stereocenters. The van der Waals surface area contributed by atoms with Crippen LogP contribution in [0.3, 0.4) is 0 Å². The summed E-state index contributed by atoms with van der Waals surface area (Å²) in [5.74, 6) is 2.46. The number of nitrogens with zero attached hydrogens (tertiary/aromatic N) is 4. The van der Waals surface area contributed by atoms with E-state index in [2.05, 4.69) is 37.9 Å². The van der Waals surface area contributed by atoms with Gasteiger partial charge in [0, 0.05) is 29.3 Å². The number of hydrogen-bond acceptors (Lipinski definition) is 4. The summed E-state index contributed by atoms with van der Waals surface area (Å²) in [6.07, 6.45) is 11.6. The Kier molecular flexibility index (Phi) is 4.65. The maximum absolute atomic E-state index is 6.17. The van der Waals surface area contributed by atoms with Crippen molar-refractivity contribution in [1.29, 1.82) is 0 Å². The summed E-state index contributed by atoms with van der Waals surface area (Å²) in [7, 11) is 0. The molecule has 1 aliphatic carbocycles. The summed E-state index contributed by atoms with van der Waals surface area (Å²) in [5.41, 5.74) is 2.90. The van der Waals surface area contributed by atoms with Gasteiger partial charge >= 0.3 is 0 Å². The summed E-state index contributed by atoms with van der Waals surface area (Å²) in [6.45, 7) is 0.459. The molecule has 0 aliphatic heterocycles. The highest BCUT2D eigenvalue weighted by Gasteiger charge is 2.20. The lowest BCUT2D eigenvalue weighted by atomic mass is 9.99. The van der Waals surface area contributed by atoms with Gasteiger partial charge in [0.15, 0.2) is 5.65 Å². The Labute approximate surface area is 164 Å². The van der Waals surface area contributed by atoms with Crippen molar-refractivity contribution in [2.45, 2.75) is 51.0 Å². The molecule has 0 N–H and O–H groups in total. The Morgan fingerprint density at radius 1 is 0.929 bits per heavy atom. The van der Waals surface area contributed by atoms with Crippen molar-refractivity contribution in [3.05, 3.63) is 66.2 Å². The van der Waals surface area contributed by atoms with Crippen LogP contribution in [0.1, 0.15) is 55.8 Å². The molecule has 4 aromatic rings. The molecule has 3 aromatic heterocycles. The van der Waals surface area contributed by atoms with Gasteiger partial charge in [0.2, 0.25) is 0 Å². The van der Waals surface area contributed by atoms with E-state index < -0.39 is 0 Å². The quantitative estimate of drug-likeness (QED) is 0.457. The van der Waals surface area contributed by atoms with E-state index >= 15 is 0 Å². The lowest BCUT2D eigenvalue weighted by Crippen LogP contribution is -2.05. The Morgan fingerprint density at radius 3 is 2.71 bits per heavy atom. The summed E-state index contributed by atoms with van der Waals surface area (Å²) in [4.78, 5) is 4.40. The maximum atomic E-state index is 6.17. The molecule has 0 bridgehead atoms. The van der Waals surface area contributed by atoms with E-state index in [4.69, 9.17) is 4.74 Å². The van der Waals surface area contributed by atoms with Crippen molar-refractivity contribution in [2.75, 3.05) is 0 Å². The number of ether oxygens (including phenoxy) is 1. The highest BCUT2D eigenvalue weighted by atomic mass is 16.5. The molecule has 1 aromatic carbocycles. The van der Waals surface area contributed by atoms with Crippen LogP contribution in [-0.4, -0.2) is 19.6 Å². The van der Waals surface area contributed by atoms with E-state index in [-0.39, 0.29) is 0 Å². The van der Waals surface area contributed by atoms with Gasteiger partial charge in [-0.25, -0.2) is 0 Å². The van der Waals surface area contributed by atoms with Gasteiger partial charge in [-0.1, -0.05) is 37.8 Å². The second-order valence-electron chi connectivity index (χ2n) is 7.59.